The molecule has 2 aromatic rings. The third kappa shape index (κ3) is 5.33. The summed E-state index contributed by atoms with van der Waals surface area (Å²) < 4.78 is 10.7. The number of rotatable bonds is 9. The highest BCUT2D eigenvalue weighted by Crippen LogP contribution is 2.30. The Balaban J connectivity index is 2.10. The fourth-order valence-electron chi connectivity index (χ4n) is 3.29. The van der Waals surface area contributed by atoms with Crippen molar-refractivity contribution in [1.29, 1.82) is 5.41 Å². The summed E-state index contributed by atoms with van der Waals surface area (Å²) in [6.07, 6.45) is 3.67. The van der Waals surface area contributed by atoms with Crippen LogP contribution in [0.25, 0.3) is 11.3 Å². The fraction of sp³-hybridized carbons (Fsp3) is 0.304. The van der Waals surface area contributed by atoms with E-state index < -0.39 is 6.23 Å². The van der Waals surface area contributed by atoms with Gasteiger partial charge in [0.15, 0.2) is 12.0 Å². The molecule has 180 valence electrons. The Bertz CT molecular complexity index is 1140. The third-order valence-electron chi connectivity index (χ3n) is 5.07. The molecule has 1 aliphatic rings. The first kappa shape index (κ1) is 24.7. The molecule has 0 amide bonds. The lowest BCUT2D eigenvalue weighted by Crippen LogP contribution is -2.38. The van der Waals surface area contributed by atoms with Gasteiger partial charge in [-0.3, -0.25) is 0 Å². The van der Waals surface area contributed by atoms with Crippen LogP contribution in [0, 0.1) is 5.41 Å². The number of benzene rings is 1. The van der Waals surface area contributed by atoms with E-state index in [1.807, 2.05) is 0 Å². The zero-order chi connectivity index (χ0) is 24.8. The first-order chi connectivity index (χ1) is 16.3. The van der Waals surface area contributed by atoms with Crippen LogP contribution in [0.2, 0.25) is 0 Å². The highest BCUT2D eigenvalue weighted by atomic mass is 16.5. The second-order valence-corrected chi connectivity index (χ2v) is 7.50. The van der Waals surface area contributed by atoms with Crippen molar-refractivity contribution in [1.82, 2.24) is 20.2 Å². The van der Waals surface area contributed by atoms with Crippen LogP contribution in [0.1, 0.15) is 23.9 Å². The number of nitrogens with one attached hydrogen (secondary N) is 2. The summed E-state index contributed by atoms with van der Waals surface area (Å²) in [5, 5.41) is 30.9. The molecule has 2 heterocycles. The predicted molar refractivity (Wildman–Crippen MR) is 131 cm³/mol. The monoisotopic (exact) mass is 467 g/mol. The summed E-state index contributed by atoms with van der Waals surface area (Å²) in [4.78, 5) is 15.1. The number of anilines is 1. The SMILES string of the molecule is COc1cc(OC)cc(C2=NC(c3nc(/C(=C/NCCO)C(C)=N)cnc3N)=CN(C)C2O)c1. The lowest BCUT2D eigenvalue weighted by molar-refractivity contribution is 0.116. The molecule has 1 atom stereocenters. The lowest BCUT2D eigenvalue weighted by Gasteiger charge is -2.28. The second kappa shape index (κ2) is 10.8. The number of nitrogens with zero attached hydrogens (tertiary/aromatic N) is 4. The molecule has 34 heavy (non-hydrogen) atoms. The molecular formula is C23H29N7O4. The molecule has 11 heteroatoms. The number of aliphatic imine (C=N–C) groups is 1. The Morgan fingerprint density at radius 2 is 1.94 bits per heavy atom. The van der Waals surface area contributed by atoms with Crippen molar-refractivity contribution >= 4 is 28.5 Å². The van der Waals surface area contributed by atoms with Gasteiger partial charge in [0.05, 0.1) is 38.4 Å². The van der Waals surface area contributed by atoms with Gasteiger partial charge in [-0.1, -0.05) is 0 Å². The zero-order valence-corrected chi connectivity index (χ0v) is 19.5. The molecule has 0 aliphatic carbocycles. The number of nitrogen functional groups attached to an aromatic ring is 1. The average molecular weight is 468 g/mol. The van der Waals surface area contributed by atoms with E-state index in [4.69, 9.17) is 25.7 Å². The van der Waals surface area contributed by atoms with Crippen LogP contribution >= 0.6 is 0 Å². The molecule has 0 radical (unpaired) electrons. The molecule has 0 fully saturated rings. The Morgan fingerprint density at radius 1 is 1.26 bits per heavy atom. The molecule has 0 bridgehead atoms. The van der Waals surface area contributed by atoms with Crippen LogP contribution in [0.5, 0.6) is 11.5 Å². The summed E-state index contributed by atoms with van der Waals surface area (Å²) >= 11 is 0. The van der Waals surface area contributed by atoms with E-state index in [-0.39, 0.29) is 18.1 Å². The number of likely N-dealkylation sites (N-methyl/N-ethyl adjacent to an activating group) is 1. The molecule has 1 aromatic heterocycles. The molecule has 1 aliphatic heterocycles. The molecule has 1 unspecified atom stereocenters. The maximum atomic E-state index is 10.8. The lowest BCUT2D eigenvalue weighted by atomic mass is 10.1. The van der Waals surface area contributed by atoms with Crippen molar-refractivity contribution in [3.05, 3.63) is 53.7 Å². The highest BCUT2D eigenvalue weighted by Gasteiger charge is 2.26. The van der Waals surface area contributed by atoms with Crippen LogP contribution in [0.4, 0.5) is 5.82 Å². The second-order valence-electron chi connectivity index (χ2n) is 7.50. The number of aliphatic hydroxyl groups excluding tert-OH is 2. The van der Waals surface area contributed by atoms with Crippen molar-refractivity contribution in [3.63, 3.8) is 0 Å². The number of methoxy groups -OCH3 is 2. The molecule has 0 spiro atoms. The zero-order valence-electron chi connectivity index (χ0n) is 19.5. The van der Waals surface area contributed by atoms with E-state index in [9.17, 15) is 5.11 Å². The maximum absolute atomic E-state index is 10.8. The summed E-state index contributed by atoms with van der Waals surface area (Å²) in [5.74, 6) is 1.25. The van der Waals surface area contributed by atoms with Crippen molar-refractivity contribution < 1.29 is 19.7 Å². The molecule has 6 N–H and O–H groups in total. The third-order valence-corrected chi connectivity index (χ3v) is 5.07. The minimum Gasteiger partial charge on any atom is -0.497 e. The van der Waals surface area contributed by atoms with Gasteiger partial charge >= 0.3 is 0 Å². The van der Waals surface area contributed by atoms with Crippen molar-refractivity contribution in [3.8, 4) is 11.5 Å². The van der Waals surface area contributed by atoms with Gasteiger partial charge in [0.1, 0.15) is 22.9 Å². The minimum atomic E-state index is -1.03. The van der Waals surface area contributed by atoms with Gasteiger partial charge in [-0.15, -0.1) is 0 Å². The van der Waals surface area contributed by atoms with E-state index in [1.165, 1.54) is 6.20 Å². The van der Waals surface area contributed by atoms with Gasteiger partial charge in [-0.05, 0) is 19.1 Å². The summed E-state index contributed by atoms with van der Waals surface area (Å²) in [5.41, 5.74) is 8.97. The Kier molecular flexibility index (Phi) is 7.82. The first-order valence-corrected chi connectivity index (χ1v) is 10.5. The Hall–Kier alpha value is -3.96. The number of aromatic nitrogens is 2. The number of hydrogen-bond donors (Lipinski definition) is 5. The summed E-state index contributed by atoms with van der Waals surface area (Å²) in [6, 6.07) is 5.23. The summed E-state index contributed by atoms with van der Waals surface area (Å²) in [7, 11) is 4.79. The molecular weight excluding hydrogens is 438 g/mol. The normalized spacial score (nSPS) is 16.0. The minimum absolute atomic E-state index is 0.0480. The number of ether oxygens (including phenoxy) is 2. The number of aliphatic hydroxyl groups is 2. The van der Waals surface area contributed by atoms with Crippen LogP contribution < -0.4 is 20.5 Å². The topological polar surface area (TPSA) is 162 Å². The molecule has 0 saturated heterocycles. The number of allylic oxidation sites excluding steroid dienone is 1. The molecule has 1 aromatic carbocycles. The van der Waals surface area contributed by atoms with E-state index in [2.05, 4.69) is 20.3 Å². The number of nitrogens with two attached hydrogens (primary N) is 1. The van der Waals surface area contributed by atoms with Crippen LogP contribution in [0.15, 0.2) is 41.8 Å². The average Bonchev–Trinajstić information content (AvgIpc) is 2.83. The Morgan fingerprint density at radius 3 is 2.53 bits per heavy atom. The van der Waals surface area contributed by atoms with Crippen LogP contribution in [-0.4, -0.2) is 77.2 Å². The quantitative estimate of drug-likeness (QED) is 0.268. The van der Waals surface area contributed by atoms with E-state index >= 15 is 0 Å². The standard InChI is InChI=1S/C23H29N7O4/c1-13(24)17(10-26-5-6-31)18-11-27-22(25)21(28-18)19-12-30(2)23(32)20(29-19)14-7-15(33-3)9-16(8-14)34-4/h7-12,23-24,26,31-32H,5-6H2,1-4H3,(H2,25,27)/b17-10+,24-13?. The van der Waals surface area contributed by atoms with E-state index in [0.717, 1.165) is 0 Å². The van der Waals surface area contributed by atoms with E-state index in [0.29, 0.717) is 52.0 Å². The molecule has 3 rings (SSSR count). The highest BCUT2D eigenvalue weighted by molar-refractivity contribution is 6.20. The fourth-order valence-corrected chi connectivity index (χ4v) is 3.29. The van der Waals surface area contributed by atoms with Gasteiger partial charge in [0, 0.05) is 48.9 Å². The molecule has 0 saturated carbocycles. The first-order valence-electron chi connectivity index (χ1n) is 10.5. The van der Waals surface area contributed by atoms with Gasteiger partial charge in [-0.2, -0.15) is 0 Å². The van der Waals surface area contributed by atoms with Crippen molar-refractivity contribution in [2.45, 2.75) is 13.2 Å². The van der Waals surface area contributed by atoms with Gasteiger partial charge in [0.2, 0.25) is 0 Å². The predicted octanol–water partition coefficient (Wildman–Crippen LogP) is 1.09. The van der Waals surface area contributed by atoms with E-state index in [1.54, 1.807) is 63.7 Å². The molecule has 11 nitrogen and oxygen atoms in total. The van der Waals surface area contributed by atoms with Crippen LogP contribution in [-0.2, 0) is 0 Å². The maximum Gasteiger partial charge on any atom is 0.170 e. The van der Waals surface area contributed by atoms with Crippen molar-refractivity contribution in [2.24, 2.45) is 4.99 Å². The van der Waals surface area contributed by atoms with Crippen LogP contribution in [0.3, 0.4) is 0 Å². The summed E-state index contributed by atoms with van der Waals surface area (Å²) in [6.45, 7) is 1.91. The number of hydrogen-bond acceptors (Lipinski definition) is 11. The van der Waals surface area contributed by atoms with Gasteiger partial charge in [-0.25, -0.2) is 15.0 Å². The Labute approximate surface area is 197 Å². The smallest absolute Gasteiger partial charge is 0.170 e. The largest absolute Gasteiger partial charge is 0.497 e. The van der Waals surface area contributed by atoms with Gasteiger partial charge in [0.25, 0.3) is 0 Å². The van der Waals surface area contributed by atoms with Crippen molar-refractivity contribution in [2.75, 3.05) is 40.2 Å². The van der Waals surface area contributed by atoms with Gasteiger partial charge < -0.3 is 41.0 Å².